The molecule has 0 bridgehead atoms. The van der Waals surface area contributed by atoms with E-state index in [4.69, 9.17) is 14.9 Å². The van der Waals surface area contributed by atoms with E-state index in [-0.39, 0.29) is 0 Å². The Morgan fingerprint density at radius 1 is 1.38 bits per heavy atom. The zero-order valence-electron chi connectivity index (χ0n) is 10.2. The Morgan fingerprint density at radius 2 is 2.12 bits per heavy atom. The van der Waals surface area contributed by atoms with Crippen LogP contribution in [0.15, 0.2) is 16.7 Å². The van der Waals surface area contributed by atoms with Gasteiger partial charge < -0.3 is 19.8 Å². The number of nitrogens with two attached hydrogens (primary N) is 1. The molecular formula is C12H22N2O2. The van der Waals surface area contributed by atoms with Crippen LogP contribution < -0.4 is 5.73 Å². The molecule has 0 aromatic carbocycles. The van der Waals surface area contributed by atoms with Crippen LogP contribution in [0.25, 0.3) is 0 Å². The standard InChI is InChI=1S/C12H22N2O2/c1-3-14(4-2)5-6-15-10-12-7-11(8-13)9-16-12/h7,9H,3-6,8,10,13H2,1-2H3. The van der Waals surface area contributed by atoms with E-state index in [0.717, 1.165) is 37.6 Å². The van der Waals surface area contributed by atoms with Crippen molar-refractivity contribution in [2.75, 3.05) is 26.2 Å². The molecule has 0 spiro atoms. The van der Waals surface area contributed by atoms with Gasteiger partial charge in [-0.1, -0.05) is 13.8 Å². The van der Waals surface area contributed by atoms with Crippen LogP contribution >= 0.6 is 0 Å². The Bertz CT molecular complexity index is 282. The molecule has 16 heavy (non-hydrogen) atoms. The third-order valence-electron chi connectivity index (χ3n) is 2.63. The van der Waals surface area contributed by atoms with Crippen LogP contribution in [0.1, 0.15) is 25.2 Å². The Labute approximate surface area is 97.4 Å². The van der Waals surface area contributed by atoms with E-state index in [2.05, 4.69) is 18.7 Å². The molecule has 0 fully saturated rings. The maximum atomic E-state index is 5.54. The second-order valence-electron chi connectivity index (χ2n) is 3.70. The number of hydrogen-bond acceptors (Lipinski definition) is 4. The highest BCUT2D eigenvalue weighted by atomic mass is 16.5. The van der Waals surface area contributed by atoms with Crippen LogP contribution in [0.2, 0.25) is 0 Å². The van der Waals surface area contributed by atoms with Crippen molar-refractivity contribution in [1.29, 1.82) is 0 Å². The summed E-state index contributed by atoms with van der Waals surface area (Å²) in [5.74, 6) is 0.847. The average molecular weight is 226 g/mol. The lowest BCUT2D eigenvalue weighted by atomic mass is 10.3. The summed E-state index contributed by atoms with van der Waals surface area (Å²) in [5.41, 5.74) is 6.50. The van der Waals surface area contributed by atoms with Gasteiger partial charge in [0, 0.05) is 18.7 Å². The van der Waals surface area contributed by atoms with Crippen molar-refractivity contribution in [2.45, 2.75) is 27.0 Å². The number of furan rings is 1. The predicted octanol–water partition coefficient (Wildman–Crippen LogP) is 1.60. The minimum Gasteiger partial charge on any atom is -0.467 e. The number of rotatable bonds is 8. The molecule has 4 nitrogen and oxygen atoms in total. The van der Waals surface area contributed by atoms with E-state index in [1.165, 1.54) is 0 Å². The van der Waals surface area contributed by atoms with Crippen molar-refractivity contribution < 1.29 is 9.15 Å². The first-order valence-electron chi connectivity index (χ1n) is 5.86. The Balaban J connectivity index is 2.15. The third-order valence-corrected chi connectivity index (χ3v) is 2.63. The fourth-order valence-electron chi connectivity index (χ4n) is 1.52. The van der Waals surface area contributed by atoms with Crippen LogP contribution in [0, 0.1) is 0 Å². The summed E-state index contributed by atoms with van der Waals surface area (Å²) in [7, 11) is 0. The number of hydrogen-bond donors (Lipinski definition) is 1. The summed E-state index contributed by atoms with van der Waals surface area (Å²) in [4.78, 5) is 2.33. The van der Waals surface area contributed by atoms with E-state index >= 15 is 0 Å². The van der Waals surface area contributed by atoms with Gasteiger partial charge in [0.05, 0.1) is 12.9 Å². The summed E-state index contributed by atoms with van der Waals surface area (Å²) >= 11 is 0. The molecule has 0 aliphatic heterocycles. The summed E-state index contributed by atoms with van der Waals surface area (Å²) in [6.45, 7) is 9.20. The van der Waals surface area contributed by atoms with Gasteiger partial charge in [-0.2, -0.15) is 0 Å². The molecule has 0 saturated carbocycles. The summed E-state index contributed by atoms with van der Waals surface area (Å²) in [5, 5.41) is 0. The monoisotopic (exact) mass is 226 g/mol. The number of likely N-dealkylation sites (N-methyl/N-ethyl adjacent to an activating group) is 1. The first kappa shape index (κ1) is 13.2. The molecule has 0 aliphatic carbocycles. The van der Waals surface area contributed by atoms with Crippen molar-refractivity contribution >= 4 is 0 Å². The van der Waals surface area contributed by atoms with Crippen molar-refractivity contribution in [1.82, 2.24) is 4.90 Å². The van der Waals surface area contributed by atoms with Crippen molar-refractivity contribution in [3.8, 4) is 0 Å². The average Bonchev–Trinajstić information content (AvgIpc) is 2.77. The fraction of sp³-hybridized carbons (Fsp3) is 0.667. The van der Waals surface area contributed by atoms with Gasteiger partial charge >= 0.3 is 0 Å². The first-order chi connectivity index (χ1) is 7.80. The van der Waals surface area contributed by atoms with Crippen LogP contribution in [0.5, 0.6) is 0 Å². The largest absolute Gasteiger partial charge is 0.467 e. The van der Waals surface area contributed by atoms with E-state index < -0.39 is 0 Å². The molecule has 1 rings (SSSR count). The van der Waals surface area contributed by atoms with Crippen LogP contribution in [-0.4, -0.2) is 31.1 Å². The molecule has 1 aromatic heterocycles. The second-order valence-corrected chi connectivity index (χ2v) is 3.70. The highest BCUT2D eigenvalue weighted by molar-refractivity contribution is 5.11. The van der Waals surface area contributed by atoms with E-state index in [9.17, 15) is 0 Å². The Kier molecular flexibility index (Phi) is 6.15. The maximum Gasteiger partial charge on any atom is 0.129 e. The molecule has 0 saturated heterocycles. The van der Waals surface area contributed by atoms with Crippen molar-refractivity contribution in [2.24, 2.45) is 5.73 Å². The zero-order chi connectivity index (χ0) is 11.8. The van der Waals surface area contributed by atoms with E-state index in [0.29, 0.717) is 13.2 Å². The third kappa shape index (κ3) is 4.35. The summed E-state index contributed by atoms with van der Waals surface area (Å²) in [6, 6.07) is 1.94. The molecular weight excluding hydrogens is 204 g/mol. The smallest absolute Gasteiger partial charge is 0.129 e. The molecule has 2 N–H and O–H groups in total. The Morgan fingerprint density at radius 3 is 2.69 bits per heavy atom. The molecule has 0 amide bonds. The summed E-state index contributed by atoms with van der Waals surface area (Å²) < 4.78 is 10.8. The fourth-order valence-corrected chi connectivity index (χ4v) is 1.52. The van der Waals surface area contributed by atoms with Gasteiger partial charge in [0.1, 0.15) is 12.4 Å². The lowest BCUT2D eigenvalue weighted by molar-refractivity contribution is 0.0844. The predicted molar refractivity (Wildman–Crippen MR) is 64.0 cm³/mol. The van der Waals surface area contributed by atoms with E-state index in [1.807, 2.05) is 6.07 Å². The normalized spacial score (nSPS) is 11.2. The van der Waals surface area contributed by atoms with Crippen LogP contribution in [-0.2, 0) is 17.9 Å². The molecule has 1 heterocycles. The number of ether oxygens (including phenoxy) is 1. The van der Waals surface area contributed by atoms with Crippen molar-refractivity contribution in [3.05, 3.63) is 23.7 Å². The molecule has 1 aromatic rings. The van der Waals surface area contributed by atoms with Crippen molar-refractivity contribution in [3.63, 3.8) is 0 Å². The van der Waals surface area contributed by atoms with E-state index in [1.54, 1.807) is 6.26 Å². The van der Waals surface area contributed by atoms with Gasteiger partial charge in [-0.25, -0.2) is 0 Å². The SMILES string of the molecule is CCN(CC)CCOCc1cc(CN)co1. The van der Waals surface area contributed by atoms with Gasteiger partial charge in [0.15, 0.2) is 0 Å². The topological polar surface area (TPSA) is 51.6 Å². The first-order valence-corrected chi connectivity index (χ1v) is 5.86. The molecule has 4 heteroatoms. The second kappa shape index (κ2) is 7.44. The zero-order valence-corrected chi connectivity index (χ0v) is 10.2. The van der Waals surface area contributed by atoms with Crippen LogP contribution in [0.3, 0.4) is 0 Å². The minimum atomic E-state index is 0.517. The van der Waals surface area contributed by atoms with Gasteiger partial charge in [0.25, 0.3) is 0 Å². The van der Waals surface area contributed by atoms with Crippen LogP contribution in [0.4, 0.5) is 0 Å². The molecule has 0 radical (unpaired) electrons. The van der Waals surface area contributed by atoms with Gasteiger partial charge in [-0.05, 0) is 19.2 Å². The minimum absolute atomic E-state index is 0.517. The Hall–Kier alpha value is -0.840. The quantitative estimate of drug-likeness (QED) is 0.684. The lowest BCUT2D eigenvalue weighted by Gasteiger charge is -2.17. The molecule has 92 valence electrons. The van der Waals surface area contributed by atoms with Gasteiger partial charge in [0.2, 0.25) is 0 Å². The molecule has 0 unspecified atom stereocenters. The molecule has 0 aliphatic rings. The highest BCUT2D eigenvalue weighted by Gasteiger charge is 2.02. The lowest BCUT2D eigenvalue weighted by Crippen LogP contribution is -2.26. The maximum absolute atomic E-state index is 5.54. The van der Waals surface area contributed by atoms with Gasteiger partial charge in [-0.15, -0.1) is 0 Å². The van der Waals surface area contributed by atoms with Gasteiger partial charge in [-0.3, -0.25) is 0 Å². The number of nitrogens with zero attached hydrogens (tertiary/aromatic N) is 1. The molecule has 0 atom stereocenters. The summed E-state index contributed by atoms with van der Waals surface area (Å²) in [6.07, 6.45) is 1.68. The highest BCUT2D eigenvalue weighted by Crippen LogP contribution is 2.08.